The largest absolute Gasteiger partial charge is 0.465 e. The molecule has 0 spiro atoms. The maximum Gasteiger partial charge on any atom is 0.340 e. The smallest absolute Gasteiger partial charge is 0.340 e. The summed E-state index contributed by atoms with van der Waals surface area (Å²) in [4.78, 5) is 11.7. The molecule has 5 heteroatoms. The minimum Gasteiger partial charge on any atom is -0.465 e. The van der Waals surface area contributed by atoms with Crippen molar-refractivity contribution in [2.75, 3.05) is 12.8 Å². The Kier molecular flexibility index (Phi) is 4.28. The quantitative estimate of drug-likeness (QED) is 0.529. The van der Waals surface area contributed by atoms with E-state index in [2.05, 4.69) is 6.07 Å². The molecule has 0 aliphatic carbocycles. The van der Waals surface area contributed by atoms with E-state index in [0.29, 0.717) is 17.0 Å². The highest BCUT2D eigenvalue weighted by atomic mass is 32.2. The Hall–Kier alpha value is -1.46. The van der Waals surface area contributed by atoms with Crippen molar-refractivity contribution in [2.45, 2.75) is 9.96 Å². The van der Waals surface area contributed by atoms with Gasteiger partial charge in [0.15, 0.2) is 0 Å². The summed E-state index contributed by atoms with van der Waals surface area (Å²) in [5.74, 6) is 0.325. The van der Waals surface area contributed by atoms with Gasteiger partial charge in [-0.15, -0.1) is 23.1 Å². The summed E-state index contributed by atoms with van der Waals surface area (Å²) in [5.41, 5.74) is 7.68. The Bertz CT molecular complexity index is 538. The first-order chi connectivity index (χ1) is 8.72. The predicted octanol–water partition coefficient (Wildman–Crippen LogP) is 3.41. The fourth-order valence-corrected chi connectivity index (χ4v) is 3.36. The van der Waals surface area contributed by atoms with E-state index in [-0.39, 0.29) is 5.97 Å². The van der Waals surface area contributed by atoms with E-state index in [1.165, 1.54) is 11.3 Å². The van der Waals surface area contributed by atoms with Crippen LogP contribution in [-0.2, 0) is 10.5 Å². The Morgan fingerprint density at radius 2 is 2.22 bits per heavy atom. The normalized spacial score (nSPS) is 10.3. The number of benzene rings is 1. The van der Waals surface area contributed by atoms with Gasteiger partial charge in [-0.25, -0.2) is 4.79 Å². The summed E-state index contributed by atoms with van der Waals surface area (Å²) in [5, 5.41) is 2.03. The van der Waals surface area contributed by atoms with Crippen molar-refractivity contribution in [2.24, 2.45) is 0 Å². The molecule has 3 nitrogen and oxygen atoms in total. The van der Waals surface area contributed by atoms with Crippen LogP contribution in [0.25, 0.3) is 0 Å². The first-order valence-corrected chi connectivity index (χ1v) is 7.21. The van der Waals surface area contributed by atoms with Crippen molar-refractivity contribution in [3.05, 3.63) is 46.8 Å². The second-order valence-electron chi connectivity index (χ2n) is 3.59. The van der Waals surface area contributed by atoms with Crippen LogP contribution in [-0.4, -0.2) is 13.1 Å². The maximum atomic E-state index is 11.7. The zero-order valence-corrected chi connectivity index (χ0v) is 11.5. The number of thiophene rings is 1. The lowest BCUT2D eigenvalue weighted by atomic mass is 10.1. The van der Waals surface area contributed by atoms with Crippen LogP contribution in [0.3, 0.4) is 0 Å². The summed E-state index contributed by atoms with van der Waals surface area (Å²) in [7, 11) is 1.37. The third-order valence-corrected chi connectivity index (χ3v) is 4.62. The molecule has 1 aromatic heterocycles. The lowest BCUT2D eigenvalue weighted by Gasteiger charge is -2.09. The van der Waals surface area contributed by atoms with E-state index in [4.69, 9.17) is 10.5 Å². The summed E-state index contributed by atoms with van der Waals surface area (Å²) in [6, 6.07) is 9.54. The molecule has 0 fully saturated rings. The van der Waals surface area contributed by atoms with Crippen molar-refractivity contribution in [1.82, 2.24) is 0 Å². The van der Waals surface area contributed by atoms with Crippen LogP contribution in [0.5, 0.6) is 0 Å². The number of carbonyl (C=O) groups is 1. The van der Waals surface area contributed by atoms with Crippen LogP contribution < -0.4 is 5.73 Å². The molecular weight excluding hydrogens is 266 g/mol. The van der Waals surface area contributed by atoms with Crippen LogP contribution in [0, 0.1) is 0 Å². The van der Waals surface area contributed by atoms with Gasteiger partial charge in [0.1, 0.15) is 0 Å². The zero-order valence-electron chi connectivity index (χ0n) is 9.88. The van der Waals surface area contributed by atoms with Crippen LogP contribution in [0.2, 0.25) is 0 Å². The highest BCUT2D eigenvalue weighted by Crippen LogP contribution is 2.29. The van der Waals surface area contributed by atoms with Gasteiger partial charge in [-0.05, 0) is 23.1 Å². The number of nitrogen functional groups attached to an aromatic ring is 1. The van der Waals surface area contributed by atoms with E-state index >= 15 is 0 Å². The Balaban J connectivity index is 2.21. The minimum atomic E-state index is -0.380. The molecule has 0 unspecified atom stereocenters. The molecule has 2 aromatic rings. The fourth-order valence-electron chi connectivity index (χ4n) is 1.59. The third kappa shape index (κ3) is 2.86. The van der Waals surface area contributed by atoms with Gasteiger partial charge in [0.25, 0.3) is 0 Å². The molecule has 1 heterocycles. The molecule has 0 aliphatic rings. The van der Waals surface area contributed by atoms with Crippen LogP contribution >= 0.6 is 23.1 Å². The molecule has 0 saturated heterocycles. The number of rotatable bonds is 4. The average molecular weight is 279 g/mol. The highest BCUT2D eigenvalue weighted by molar-refractivity contribution is 8.00. The molecule has 2 rings (SSSR count). The number of anilines is 1. The molecular formula is C13H13NO2S2. The molecule has 0 atom stereocenters. The molecule has 0 radical (unpaired) electrons. The van der Waals surface area contributed by atoms with Gasteiger partial charge in [0, 0.05) is 11.4 Å². The molecule has 0 bridgehead atoms. The average Bonchev–Trinajstić information content (AvgIpc) is 2.88. The third-order valence-electron chi connectivity index (χ3n) is 2.44. The molecule has 0 amide bonds. The first kappa shape index (κ1) is 13.0. The fraction of sp³-hybridized carbons (Fsp3) is 0.154. The molecule has 2 N–H and O–H groups in total. The van der Waals surface area contributed by atoms with Crippen molar-refractivity contribution < 1.29 is 9.53 Å². The summed E-state index contributed by atoms with van der Waals surface area (Å²) in [6.45, 7) is 0. The van der Waals surface area contributed by atoms with Gasteiger partial charge in [-0.2, -0.15) is 0 Å². The van der Waals surface area contributed by atoms with Gasteiger partial charge in [-0.1, -0.05) is 18.2 Å². The lowest BCUT2D eigenvalue weighted by molar-refractivity contribution is 0.0601. The number of esters is 1. The van der Waals surface area contributed by atoms with Gasteiger partial charge in [-0.3, -0.25) is 0 Å². The first-order valence-electron chi connectivity index (χ1n) is 5.34. The number of carbonyl (C=O) groups excluding carboxylic acids is 1. The standard InChI is InChI=1S/C13H13NO2S2/c1-16-13(15)12-9(4-2-5-10(12)14)8-18-11-6-3-7-17-11/h2-7H,8,14H2,1H3. The second-order valence-corrected chi connectivity index (χ2v) is 5.82. The second kappa shape index (κ2) is 5.93. The van der Waals surface area contributed by atoms with Gasteiger partial charge >= 0.3 is 5.97 Å². The number of hydrogen-bond donors (Lipinski definition) is 1. The van der Waals surface area contributed by atoms with Crippen LogP contribution in [0.15, 0.2) is 39.9 Å². The molecule has 0 aliphatic heterocycles. The predicted molar refractivity (Wildman–Crippen MR) is 76.1 cm³/mol. The molecule has 1 aromatic carbocycles. The molecule has 0 saturated carbocycles. The minimum absolute atomic E-state index is 0.380. The van der Waals surface area contributed by atoms with Crippen molar-refractivity contribution in [3.8, 4) is 0 Å². The van der Waals surface area contributed by atoms with Gasteiger partial charge < -0.3 is 10.5 Å². The number of ether oxygens (including phenoxy) is 1. The highest BCUT2D eigenvalue weighted by Gasteiger charge is 2.15. The van der Waals surface area contributed by atoms with Crippen LogP contribution in [0.1, 0.15) is 15.9 Å². The Morgan fingerprint density at radius 3 is 2.89 bits per heavy atom. The van der Waals surface area contributed by atoms with Crippen molar-refractivity contribution in [1.29, 1.82) is 0 Å². The van der Waals surface area contributed by atoms with E-state index < -0.39 is 0 Å². The topological polar surface area (TPSA) is 52.3 Å². The zero-order chi connectivity index (χ0) is 13.0. The van der Waals surface area contributed by atoms with E-state index in [0.717, 1.165) is 5.56 Å². The SMILES string of the molecule is COC(=O)c1c(N)cccc1CSc1cccs1. The number of methoxy groups -OCH3 is 1. The van der Waals surface area contributed by atoms with E-state index in [1.807, 2.05) is 23.6 Å². The summed E-state index contributed by atoms with van der Waals surface area (Å²) >= 11 is 3.37. The van der Waals surface area contributed by atoms with Crippen LogP contribution in [0.4, 0.5) is 5.69 Å². The van der Waals surface area contributed by atoms with Gasteiger partial charge in [0.05, 0.1) is 16.9 Å². The summed E-state index contributed by atoms with van der Waals surface area (Å²) < 4.78 is 5.99. The molecule has 94 valence electrons. The van der Waals surface area contributed by atoms with E-state index in [9.17, 15) is 4.79 Å². The van der Waals surface area contributed by atoms with E-state index in [1.54, 1.807) is 29.2 Å². The summed E-state index contributed by atoms with van der Waals surface area (Å²) in [6.07, 6.45) is 0. The van der Waals surface area contributed by atoms with Crippen molar-refractivity contribution >= 4 is 34.8 Å². The Morgan fingerprint density at radius 1 is 1.39 bits per heavy atom. The lowest BCUT2D eigenvalue weighted by Crippen LogP contribution is -2.08. The van der Waals surface area contributed by atoms with Crippen molar-refractivity contribution in [3.63, 3.8) is 0 Å². The number of hydrogen-bond acceptors (Lipinski definition) is 5. The molecule has 18 heavy (non-hydrogen) atoms. The number of nitrogens with two attached hydrogens (primary N) is 1. The van der Waals surface area contributed by atoms with Gasteiger partial charge in [0.2, 0.25) is 0 Å². The number of thioether (sulfide) groups is 1. The Labute approximate surface area is 114 Å². The monoisotopic (exact) mass is 279 g/mol. The maximum absolute atomic E-state index is 11.7.